The van der Waals surface area contributed by atoms with E-state index < -0.39 is 11.4 Å². The highest BCUT2D eigenvalue weighted by Crippen LogP contribution is 2.40. The molecule has 23 heavy (non-hydrogen) atoms. The Morgan fingerprint density at radius 1 is 1.35 bits per heavy atom. The van der Waals surface area contributed by atoms with Gasteiger partial charge in [0.1, 0.15) is 0 Å². The van der Waals surface area contributed by atoms with Gasteiger partial charge in [-0.25, -0.2) is 12.1 Å². The third-order valence-corrected chi connectivity index (χ3v) is 4.31. The van der Waals surface area contributed by atoms with Crippen LogP contribution < -0.4 is 15.0 Å². The highest BCUT2D eigenvalue weighted by molar-refractivity contribution is 5.76. The minimum Gasteiger partial charge on any atom is -0.493 e. The van der Waals surface area contributed by atoms with E-state index in [4.69, 9.17) is 21.3 Å². The number of amides is 1. The van der Waals surface area contributed by atoms with Gasteiger partial charge in [0, 0.05) is 31.5 Å². The molecule has 1 aliphatic rings. The Labute approximate surface area is 135 Å². The maximum absolute atomic E-state index is 11.2. The number of carbonyl (C=O) groups excluding carboxylic acids is 1. The molecule has 1 aromatic rings. The van der Waals surface area contributed by atoms with Crippen LogP contribution in [0.5, 0.6) is 11.5 Å². The minimum absolute atomic E-state index is 0.135. The molecule has 7 heteroatoms. The van der Waals surface area contributed by atoms with Crippen LogP contribution in [0.15, 0.2) is 18.2 Å². The Balaban J connectivity index is 2.17. The number of ether oxygens (including phenoxy) is 2. The molecule has 0 saturated carbocycles. The van der Waals surface area contributed by atoms with Gasteiger partial charge in [-0.3, -0.25) is 14.9 Å². The molecular formula is C16H21N3O4. The summed E-state index contributed by atoms with van der Waals surface area (Å²) in [6.07, 6.45) is 1.23. The predicted octanol–water partition coefficient (Wildman–Crippen LogP) is 1.42. The van der Waals surface area contributed by atoms with Gasteiger partial charge < -0.3 is 14.3 Å². The zero-order valence-electron chi connectivity index (χ0n) is 13.3. The van der Waals surface area contributed by atoms with Crippen LogP contribution in [-0.4, -0.2) is 49.9 Å². The highest BCUT2D eigenvalue weighted by Gasteiger charge is 2.43. The van der Waals surface area contributed by atoms with Crippen molar-refractivity contribution in [1.82, 2.24) is 10.4 Å². The van der Waals surface area contributed by atoms with Gasteiger partial charge in [0.2, 0.25) is 0 Å². The monoisotopic (exact) mass is 319 g/mol. The van der Waals surface area contributed by atoms with Gasteiger partial charge in [-0.15, -0.1) is 0 Å². The van der Waals surface area contributed by atoms with E-state index in [1.54, 1.807) is 19.7 Å². The maximum Gasteiger partial charge on any atom is 0.260 e. The van der Waals surface area contributed by atoms with Crippen LogP contribution in [0.3, 0.4) is 0 Å². The number of benzene rings is 1. The molecule has 124 valence electrons. The molecule has 1 saturated heterocycles. The molecule has 1 fully saturated rings. The molecule has 1 heterocycles. The summed E-state index contributed by atoms with van der Waals surface area (Å²) in [7, 11) is 3.15. The predicted molar refractivity (Wildman–Crippen MR) is 83.4 cm³/mol. The summed E-state index contributed by atoms with van der Waals surface area (Å²) in [5.41, 5.74) is 1.92. The summed E-state index contributed by atoms with van der Waals surface area (Å²) in [5.74, 6) is 0.801. The van der Waals surface area contributed by atoms with Gasteiger partial charge >= 0.3 is 0 Å². The van der Waals surface area contributed by atoms with Crippen molar-refractivity contribution in [3.8, 4) is 11.5 Å². The summed E-state index contributed by atoms with van der Waals surface area (Å²) >= 11 is 0. The molecule has 0 spiro atoms. The van der Waals surface area contributed by atoms with E-state index in [0.717, 1.165) is 5.56 Å². The lowest BCUT2D eigenvalue weighted by Crippen LogP contribution is -2.44. The van der Waals surface area contributed by atoms with E-state index >= 15 is 0 Å². The van der Waals surface area contributed by atoms with Crippen LogP contribution in [0, 0.1) is 6.57 Å². The van der Waals surface area contributed by atoms with E-state index in [1.165, 1.54) is 0 Å². The van der Waals surface area contributed by atoms with Crippen molar-refractivity contribution < 1.29 is 19.5 Å². The number of hydrogen-bond donors (Lipinski definition) is 2. The Morgan fingerprint density at radius 2 is 2.00 bits per heavy atom. The van der Waals surface area contributed by atoms with Crippen LogP contribution in [0.25, 0.3) is 4.85 Å². The van der Waals surface area contributed by atoms with Gasteiger partial charge in [0.05, 0.1) is 20.8 Å². The topological polar surface area (TPSA) is 75.4 Å². The van der Waals surface area contributed by atoms with E-state index in [0.29, 0.717) is 37.4 Å². The number of rotatable bonds is 5. The van der Waals surface area contributed by atoms with Crippen LogP contribution in [0.2, 0.25) is 0 Å². The van der Waals surface area contributed by atoms with Crippen molar-refractivity contribution in [1.29, 1.82) is 0 Å². The van der Waals surface area contributed by atoms with Gasteiger partial charge in [0.15, 0.2) is 11.5 Å². The fourth-order valence-corrected chi connectivity index (χ4v) is 2.91. The second-order valence-corrected chi connectivity index (χ2v) is 5.52. The fourth-order valence-electron chi connectivity index (χ4n) is 2.91. The van der Waals surface area contributed by atoms with Gasteiger partial charge in [-0.1, -0.05) is 0 Å². The van der Waals surface area contributed by atoms with Crippen molar-refractivity contribution in [3.63, 3.8) is 0 Å². The van der Waals surface area contributed by atoms with Gasteiger partial charge in [-0.05, 0) is 18.2 Å². The van der Waals surface area contributed by atoms with E-state index in [9.17, 15) is 4.79 Å². The molecule has 0 bridgehead atoms. The van der Waals surface area contributed by atoms with Crippen molar-refractivity contribution >= 4 is 5.91 Å². The molecule has 0 aromatic heterocycles. The molecule has 0 aliphatic carbocycles. The molecular weight excluding hydrogens is 298 g/mol. The number of hydrogen-bond acceptors (Lipinski definition) is 5. The molecule has 1 amide bonds. The van der Waals surface area contributed by atoms with Gasteiger partial charge in [0.25, 0.3) is 11.4 Å². The largest absolute Gasteiger partial charge is 0.493 e. The zero-order valence-corrected chi connectivity index (χ0v) is 13.3. The Morgan fingerprint density at radius 3 is 2.52 bits per heavy atom. The Hall–Kier alpha value is -2.30. The molecule has 0 unspecified atom stereocenters. The lowest BCUT2D eigenvalue weighted by Gasteiger charge is -2.33. The van der Waals surface area contributed by atoms with Crippen molar-refractivity contribution in [2.24, 2.45) is 0 Å². The number of likely N-dealkylation sites (tertiary alicyclic amines) is 1. The van der Waals surface area contributed by atoms with Crippen LogP contribution in [0.4, 0.5) is 0 Å². The second kappa shape index (κ2) is 7.31. The summed E-state index contributed by atoms with van der Waals surface area (Å²) in [5, 5.41) is 8.60. The van der Waals surface area contributed by atoms with E-state index in [1.807, 2.05) is 23.1 Å². The molecule has 7 nitrogen and oxygen atoms in total. The number of nitrogens with one attached hydrogen (secondary N) is 1. The number of hydroxylamine groups is 1. The first-order chi connectivity index (χ1) is 11.1. The van der Waals surface area contributed by atoms with Gasteiger partial charge in [-0.2, -0.15) is 0 Å². The third kappa shape index (κ3) is 3.55. The second-order valence-electron chi connectivity index (χ2n) is 5.52. The summed E-state index contributed by atoms with van der Waals surface area (Å²) in [6.45, 7) is 9.03. The Kier molecular flexibility index (Phi) is 5.42. The lowest BCUT2D eigenvalue weighted by molar-refractivity contribution is -0.130. The summed E-state index contributed by atoms with van der Waals surface area (Å²) in [6, 6.07) is 5.56. The van der Waals surface area contributed by atoms with E-state index in [-0.39, 0.29) is 6.54 Å². The standard InChI is InChI=1S/C16H21N3O4/c1-17-16(6-8-19(9-7-16)11-15(20)18-21)12-4-5-13(22-2)14(10-12)23-3/h4-5,10,21H,6-9,11H2,2-3H3,(H,18,20). The first kappa shape index (κ1) is 17.1. The normalized spacial score (nSPS) is 17.1. The van der Waals surface area contributed by atoms with Crippen molar-refractivity contribution in [3.05, 3.63) is 35.2 Å². The molecule has 1 aromatic carbocycles. The smallest absolute Gasteiger partial charge is 0.260 e. The molecule has 1 aliphatic heterocycles. The minimum atomic E-state index is -0.619. The number of nitrogens with zero attached hydrogens (tertiary/aromatic N) is 2. The quantitative estimate of drug-likeness (QED) is 0.488. The molecule has 2 N–H and O–H groups in total. The number of carbonyl (C=O) groups is 1. The average molecular weight is 319 g/mol. The molecule has 2 rings (SSSR count). The lowest BCUT2D eigenvalue weighted by atomic mass is 9.81. The Bertz CT molecular complexity index is 604. The van der Waals surface area contributed by atoms with Crippen molar-refractivity contribution in [2.45, 2.75) is 18.4 Å². The van der Waals surface area contributed by atoms with E-state index in [2.05, 4.69) is 4.85 Å². The first-order valence-corrected chi connectivity index (χ1v) is 7.35. The SMILES string of the molecule is [C-]#[N+]C1(c2ccc(OC)c(OC)c2)CCN(CC(=O)NO)CC1. The number of methoxy groups -OCH3 is 2. The average Bonchev–Trinajstić information content (AvgIpc) is 2.61. The molecule has 0 atom stereocenters. The van der Waals surface area contributed by atoms with Crippen LogP contribution >= 0.6 is 0 Å². The zero-order chi connectivity index (χ0) is 16.9. The van der Waals surface area contributed by atoms with Crippen LogP contribution in [-0.2, 0) is 10.3 Å². The summed E-state index contributed by atoms with van der Waals surface area (Å²) in [4.78, 5) is 17.1. The van der Waals surface area contributed by atoms with Crippen LogP contribution in [0.1, 0.15) is 18.4 Å². The summed E-state index contributed by atoms with van der Waals surface area (Å²) < 4.78 is 10.6. The van der Waals surface area contributed by atoms with Crippen molar-refractivity contribution in [2.75, 3.05) is 33.9 Å². The highest BCUT2D eigenvalue weighted by atomic mass is 16.5. The molecule has 0 radical (unpaired) electrons. The number of piperidine rings is 1. The third-order valence-electron chi connectivity index (χ3n) is 4.31. The maximum atomic E-state index is 11.2. The first-order valence-electron chi connectivity index (χ1n) is 7.35. The fraction of sp³-hybridized carbons (Fsp3) is 0.500.